The van der Waals surface area contributed by atoms with Gasteiger partial charge in [-0.25, -0.2) is 0 Å². The Morgan fingerprint density at radius 1 is 1.26 bits per heavy atom. The Morgan fingerprint density at radius 2 is 1.79 bits per heavy atom. The van der Waals surface area contributed by atoms with E-state index in [1.54, 1.807) is 13.8 Å². The molecule has 1 atom stereocenters. The Balaban J connectivity index is 2.94. The molecule has 1 aromatic rings. The van der Waals surface area contributed by atoms with Crippen molar-refractivity contribution in [1.29, 1.82) is 0 Å². The number of halogens is 3. The molecule has 0 bridgehead atoms. The molecule has 0 spiro atoms. The predicted octanol–water partition coefficient (Wildman–Crippen LogP) is 3.59. The van der Waals surface area contributed by atoms with Gasteiger partial charge < -0.3 is 9.84 Å². The van der Waals surface area contributed by atoms with Gasteiger partial charge in [0.25, 0.3) is 0 Å². The van der Waals surface area contributed by atoms with Gasteiger partial charge in [-0.1, -0.05) is 12.1 Å². The zero-order chi connectivity index (χ0) is 14.6. The van der Waals surface area contributed by atoms with Crippen LogP contribution in [0.5, 0.6) is 5.75 Å². The first-order chi connectivity index (χ1) is 8.70. The molecule has 1 aromatic carbocycles. The molecule has 0 aliphatic rings. The lowest BCUT2D eigenvalue weighted by Gasteiger charge is -2.19. The maximum Gasteiger partial charge on any atom is 0.396 e. The average Bonchev–Trinajstić information content (AvgIpc) is 2.25. The zero-order valence-electron chi connectivity index (χ0n) is 10.6. The standard InChI is InChI=1S/C13H15F3O3/c1-8(2)19-10-5-3-9(4-6-10)11(7-12(17)18)13(14,15)16/h3-6,8,11H,7H2,1-2H3,(H,17,18). The first kappa shape index (κ1) is 15.3. The van der Waals surface area contributed by atoms with Crippen molar-refractivity contribution in [2.45, 2.75) is 38.5 Å². The number of aliphatic carboxylic acids is 1. The van der Waals surface area contributed by atoms with Crippen LogP contribution in [0, 0.1) is 0 Å². The molecule has 0 heterocycles. The maximum absolute atomic E-state index is 12.8. The van der Waals surface area contributed by atoms with Gasteiger partial charge >= 0.3 is 12.1 Å². The second-order valence-electron chi connectivity index (χ2n) is 4.43. The average molecular weight is 276 g/mol. The zero-order valence-corrected chi connectivity index (χ0v) is 10.6. The summed E-state index contributed by atoms with van der Waals surface area (Å²) in [6.45, 7) is 3.60. The van der Waals surface area contributed by atoms with Crippen molar-refractivity contribution < 1.29 is 27.8 Å². The van der Waals surface area contributed by atoms with Crippen molar-refractivity contribution >= 4 is 5.97 Å². The fourth-order valence-corrected chi connectivity index (χ4v) is 1.65. The molecule has 0 aliphatic carbocycles. The van der Waals surface area contributed by atoms with Gasteiger partial charge in [-0.15, -0.1) is 0 Å². The second-order valence-corrected chi connectivity index (χ2v) is 4.43. The van der Waals surface area contributed by atoms with Gasteiger partial charge in [0.1, 0.15) is 5.75 Å². The highest BCUT2D eigenvalue weighted by Gasteiger charge is 2.41. The number of hydrogen-bond donors (Lipinski definition) is 1. The molecule has 0 radical (unpaired) electrons. The normalized spacial score (nSPS) is 13.4. The molecule has 3 nitrogen and oxygen atoms in total. The lowest BCUT2D eigenvalue weighted by molar-refractivity contribution is -0.163. The molecule has 0 amide bonds. The lowest BCUT2D eigenvalue weighted by atomic mass is 9.95. The van der Waals surface area contributed by atoms with Crippen molar-refractivity contribution in [2.75, 3.05) is 0 Å². The summed E-state index contributed by atoms with van der Waals surface area (Å²) in [5, 5.41) is 8.56. The molecule has 1 rings (SSSR count). The van der Waals surface area contributed by atoms with Crippen LogP contribution < -0.4 is 4.74 Å². The van der Waals surface area contributed by atoms with Crippen LogP contribution in [0.2, 0.25) is 0 Å². The third-order valence-corrected chi connectivity index (χ3v) is 2.43. The molecular weight excluding hydrogens is 261 g/mol. The number of carboxylic acids is 1. The fraction of sp³-hybridized carbons (Fsp3) is 0.462. The monoisotopic (exact) mass is 276 g/mol. The summed E-state index contributed by atoms with van der Waals surface area (Å²) in [4.78, 5) is 10.5. The number of benzene rings is 1. The highest BCUT2D eigenvalue weighted by molar-refractivity contribution is 5.68. The van der Waals surface area contributed by atoms with Crippen LogP contribution >= 0.6 is 0 Å². The molecule has 0 aromatic heterocycles. The Morgan fingerprint density at radius 3 is 2.16 bits per heavy atom. The first-order valence-electron chi connectivity index (χ1n) is 5.75. The minimum absolute atomic E-state index is 0.0778. The Kier molecular flexibility index (Phi) is 4.80. The second kappa shape index (κ2) is 5.95. The number of carbonyl (C=O) groups is 1. The van der Waals surface area contributed by atoms with E-state index in [1.165, 1.54) is 24.3 Å². The van der Waals surface area contributed by atoms with E-state index in [2.05, 4.69) is 0 Å². The molecule has 106 valence electrons. The number of carboxylic acid groups (broad SMARTS) is 1. The summed E-state index contributed by atoms with van der Waals surface area (Å²) < 4.78 is 43.7. The van der Waals surface area contributed by atoms with Gasteiger partial charge in [-0.05, 0) is 31.5 Å². The van der Waals surface area contributed by atoms with E-state index in [0.717, 1.165) is 0 Å². The van der Waals surface area contributed by atoms with Crippen molar-refractivity contribution in [3.63, 3.8) is 0 Å². The third kappa shape index (κ3) is 4.81. The minimum Gasteiger partial charge on any atom is -0.491 e. The quantitative estimate of drug-likeness (QED) is 0.893. The molecule has 6 heteroatoms. The smallest absolute Gasteiger partial charge is 0.396 e. The van der Waals surface area contributed by atoms with E-state index < -0.39 is 24.5 Å². The minimum atomic E-state index is -4.58. The number of alkyl halides is 3. The van der Waals surface area contributed by atoms with Gasteiger partial charge in [-0.3, -0.25) is 4.79 Å². The SMILES string of the molecule is CC(C)Oc1ccc(C(CC(=O)O)C(F)(F)F)cc1. The van der Waals surface area contributed by atoms with Crippen LogP contribution in [-0.2, 0) is 4.79 Å². The third-order valence-electron chi connectivity index (χ3n) is 2.43. The van der Waals surface area contributed by atoms with Gasteiger partial charge in [0.15, 0.2) is 0 Å². The fourth-order valence-electron chi connectivity index (χ4n) is 1.65. The van der Waals surface area contributed by atoms with Crippen molar-refractivity contribution in [2.24, 2.45) is 0 Å². The van der Waals surface area contributed by atoms with E-state index in [9.17, 15) is 18.0 Å². The molecule has 1 N–H and O–H groups in total. The first-order valence-corrected chi connectivity index (χ1v) is 5.75. The van der Waals surface area contributed by atoms with E-state index in [-0.39, 0.29) is 11.7 Å². The van der Waals surface area contributed by atoms with Gasteiger partial charge in [0.05, 0.1) is 18.4 Å². The molecular formula is C13H15F3O3. The molecule has 19 heavy (non-hydrogen) atoms. The number of ether oxygens (including phenoxy) is 1. The number of rotatable bonds is 5. The highest BCUT2D eigenvalue weighted by Crippen LogP contribution is 2.37. The molecule has 1 unspecified atom stereocenters. The molecule has 0 aliphatic heterocycles. The van der Waals surface area contributed by atoms with E-state index in [0.29, 0.717) is 5.75 Å². The van der Waals surface area contributed by atoms with Crippen LogP contribution in [0.4, 0.5) is 13.2 Å². The lowest BCUT2D eigenvalue weighted by Crippen LogP contribution is -2.23. The van der Waals surface area contributed by atoms with Crippen molar-refractivity contribution in [3.8, 4) is 5.75 Å². The van der Waals surface area contributed by atoms with Crippen LogP contribution in [0.1, 0.15) is 31.7 Å². The van der Waals surface area contributed by atoms with E-state index in [1.807, 2.05) is 0 Å². The van der Waals surface area contributed by atoms with E-state index in [4.69, 9.17) is 9.84 Å². The topological polar surface area (TPSA) is 46.5 Å². The molecule has 0 fully saturated rings. The summed E-state index contributed by atoms with van der Waals surface area (Å²) >= 11 is 0. The van der Waals surface area contributed by atoms with Gasteiger partial charge in [-0.2, -0.15) is 13.2 Å². The van der Waals surface area contributed by atoms with Crippen LogP contribution in [0.15, 0.2) is 24.3 Å². The van der Waals surface area contributed by atoms with Crippen molar-refractivity contribution in [3.05, 3.63) is 29.8 Å². The summed E-state index contributed by atoms with van der Waals surface area (Å²) in [5.41, 5.74) is -0.0778. The Bertz CT molecular complexity index is 424. The maximum atomic E-state index is 12.8. The van der Waals surface area contributed by atoms with Gasteiger partial charge in [0, 0.05) is 0 Å². The van der Waals surface area contributed by atoms with E-state index >= 15 is 0 Å². The Hall–Kier alpha value is -1.72. The van der Waals surface area contributed by atoms with Crippen LogP contribution in [0.3, 0.4) is 0 Å². The summed E-state index contributed by atoms with van der Waals surface area (Å²) in [6, 6.07) is 5.32. The highest BCUT2D eigenvalue weighted by atomic mass is 19.4. The van der Waals surface area contributed by atoms with Crippen molar-refractivity contribution in [1.82, 2.24) is 0 Å². The summed E-state index contributed by atoms with van der Waals surface area (Å²) in [7, 11) is 0. The Labute approximate surface area is 109 Å². The largest absolute Gasteiger partial charge is 0.491 e. The van der Waals surface area contributed by atoms with Crippen LogP contribution in [-0.4, -0.2) is 23.4 Å². The predicted molar refractivity (Wildman–Crippen MR) is 63.3 cm³/mol. The van der Waals surface area contributed by atoms with Gasteiger partial charge in [0.2, 0.25) is 0 Å². The molecule has 0 saturated heterocycles. The van der Waals surface area contributed by atoms with Crippen LogP contribution in [0.25, 0.3) is 0 Å². The summed E-state index contributed by atoms with van der Waals surface area (Å²) in [6.07, 6.45) is -5.64. The summed E-state index contributed by atoms with van der Waals surface area (Å²) in [5.74, 6) is -3.03. The number of hydrogen-bond acceptors (Lipinski definition) is 2. The molecule has 0 saturated carbocycles.